The number of pyridine rings is 3. The fourth-order valence-electron chi connectivity index (χ4n) is 9.40. The van der Waals surface area contributed by atoms with Gasteiger partial charge >= 0.3 is 0 Å². The van der Waals surface area contributed by atoms with Crippen molar-refractivity contribution < 1.29 is 13.6 Å². The van der Waals surface area contributed by atoms with Crippen molar-refractivity contribution in [3.8, 4) is 33.8 Å². The number of aryl methyl sites for hydroxylation is 1. The van der Waals surface area contributed by atoms with Gasteiger partial charge in [-0.05, 0) is 90.3 Å². The van der Waals surface area contributed by atoms with E-state index in [0.29, 0.717) is 23.5 Å². The van der Waals surface area contributed by atoms with E-state index in [1.54, 1.807) is 5.19 Å². The number of hydrogen-bond acceptors (Lipinski definition) is 2. The Labute approximate surface area is 327 Å². The first kappa shape index (κ1) is 35.6. The summed E-state index contributed by atoms with van der Waals surface area (Å²) in [6.45, 7) is 21.7. The number of hydrogen-bond donors (Lipinski definition) is 0. The van der Waals surface area contributed by atoms with Gasteiger partial charge in [0.2, 0.25) is 17.1 Å². The van der Waals surface area contributed by atoms with Crippen molar-refractivity contribution in [2.24, 2.45) is 5.92 Å². The zero-order valence-electron chi connectivity index (χ0n) is 33.5. The Morgan fingerprint density at radius 2 is 1.62 bits per heavy atom. The summed E-state index contributed by atoms with van der Waals surface area (Å²) in [4.78, 5) is 5.03. The van der Waals surface area contributed by atoms with Crippen molar-refractivity contribution in [3.05, 3.63) is 138 Å². The molecule has 4 aromatic heterocycles. The van der Waals surface area contributed by atoms with Gasteiger partial charge in [-0.1, -0.05) is 95.9 Å². The van der Waals surface area contributed by atoms with Gasteiger partial charge in [0.25, 0.3) is 0 Å². The highest BCUT2D eigenvalue weighted by Crippen LogP contribution is 2.45. The zero-order valence-corrected chi connectivity index (χ0v) is 34.5. The summed E-state index contributed by atoms with van der Waals surface area (Å²) in [5, 5.41) is 3.73. The standard InChI is InChI=1S/C50H53N3OSi/c1-31(2)24-37-27-46-39-17-13-12-16-38(39)40-19-18-36-28-48-43(41-20-21-44(51-50(41)54-48)34-14-10-9-11-15-34)29-42(36)47-26-35(32(3)4)22-23-52(47)33(5)25-45(40)53(46)30-49(37)55(6,7)8/h9-17,20-23,26-32,40,45H,5,18-19,24-25H2,1-4,6-8H3/q+2. The first-order valence-corrected chi connectivity index (χ1v) is 23.8. The van der Waals surface area contributed by atoms with E-state index in [4.69, 9.17) is 16.0 Å². The van der Waals surface area contributed by atoms with Crippen molar-refractivity contribution in [1.29, 1.82) is 0 Å². The lowest BCUT2D eigenvalue weighted by Crippen LogP contribution is -2.54. The quantitative estimate of drug-likeness (QED) is 0.130. The minimum Gasteiger partial charge on any atom is -0.438 e. The number of furan rings is 1. The van der Waals surface area contributed by atoms with Crippen LogP contribution in [0, 0.1) is 5.92 Å². The number of benzene rings is 3. The molecule has 4 nitrogen and oxygen atoms in total. The highest BCUT2D eigenvalue weighted by molar-refractivity contribution is 6.89. The number of fused-ring (bicyclic) bond motifs is 12. The predicted molar refractivity (Wildman–Crippen MR) is 230 cm³/mol. The fourth-order valence-corrected chi connectivity index (χ4v) is 11.1. The number of rotatable bonds is 5. The molecule has 0 amide bonds. The van der Waals surface area contributed by atoms with Gasteiger partial charge in [-0.3, -0.25) is 0 Å². The summed E-state index contributed by atoms with van der Waals surface area (Å²) < 4.78 is 11.7. The second-order valence-corrected chi connectivity index (χ2v) is 22.9. The van der Waals surface area contributed by atoms with Crippen LogP contribution in [0.5, 0.6) is 0 Å². The minimum atomic E-state index is -1.66. The Kier molecular flexibility index (Phi) is 8.77. The average molecular weight is 740 g/mol. The normalized spacial score (nSPS) is 16.9. The van der Waals surface area contributed by atoms with Crippen LogP contribution in [0.15, 0.2) is 120 Å². The molecule has 2 unspecified atom stereocenters. The molecule has 0 saturated carbocycles. The van der Waals surface area contributed by atoms with Crippen LogP contribution in [0.1, 0.15) is 80.7 Å². The van der Waals surface area contributed by atoms with Crippen molar-refractivity contribution >= 4 is 41.0 Å². The smallest absolute Gasteiger partial charge is 0.227 e. The van der Waals surface area contributed by atoms with Crippen molar-refractivity contribution in [1.82, 2.24) is 4.98 Å². The molecule has 5 heteroatoms. The molecule has 0 saturated heterocycles. The molecule has 7 aromatic rings. The molecule has 276 valence electrons. The summed E-state index contributed by atoms with van der Waals surface area (Å²) in [6, 6.07) is 36.1. The lowest BCUT2D eigenvalue weighted by molar-refractivity contribution is -0.719. The maximum absolute atomic E-state index is 6.64. The van der Waals surface area contributed by atoms with Crippen molar-refractivity contribution in [2.75, 3.05) is 0 Å². The Bertz CT molecular complexity index is 2630. The van der Waals surface area contributed by atoms with E-state index < -0.39 is 8.07 Å². The average Bonchev–Trinajstić information content (AvgIpc) is 3.53. The molecular formula is C50H53N3OSi+2. The molecule has 0 aliphatic carbocycles. The molecule has 2 aliphatic rings. The predicted octanol–water partition coefficient (Wildman–Crippen LogP) is 11.6. The maximum atomic E-state index is 6.64. The van der Waals surface area contributed by atoms with Crippen LogP contribution in [-0.4, -0.2) is 13.1 Å². The van der Waals surface area contributed by atoms with Gasteiger partial charge in [0.1, 0.15) is 5.58 Å². The summed E-state index contributed by atoms with van der Waals surface area (Å²) in [7, 11) is -1.66. The molecule has 0 N–H and O–H groups in total. The van der Waals surface area contributed by atoms with E-state index in [1.165, 1.54) is 44.8 Å². The van der Waals surface area contributed by atoms with Crippen LogP contribution in [0.25, 0.3) is 61.5 Å². The molecule has 3 aromatic carbocycles. The Morgan fingerprint density at radius 3 is 2.38 bits per heavy atom. The number of nitrogens with zero attached hydrogens (tertiary/aromatic N) is 3. The Balaban J connectivity index is 1.25. The minimum absolute atomic E-state index is 0.239. The summed E-state index contributed by atoms with van der Waals surface area (Å²) in [5.74, 6) is 1.32. The second-order valence-electron chi connectivity index (χ2n) is 17.8. The first-order valence-electron chi connectivity index (χ1n) is 20.3. The van der Waals surface area contributed by atoms with Gasteiger partial charge in [-0.25, -0.2) is 4.98 Å². The Hall–Kier alpha value is -5.13. The largest absolute Gasteiger partial charge is 0.438 e. The topological polar surface area (TPSA) is 33.8 Å². The lowest BCUT2D eigenvalue weighted by atomic mass is 9.77. The van der Waals surface area contributed by atoms with E-state index in [0.717, 1.165) is 59.0 Å². The maximum Gasteiger partial charge on any atom is 0.227 e. The van der Waals surface area contributed by atoms with Crippen LogP contribution in [-0.2, 0) is 12.8 Å². The second kappa shape index (κ2) is 13.6. The molecular weight excluding hydrogens is 687 g/mol. The molecule has 0 spiro atoms. The lowest BCUT2D eigenvalue weighted by Gasteiger charge is -2.33. The van der Waals surface area contributed by atoms with E-state index in [2.05, 4.69) is 160 Å². The van der Waals surface area contributed by atoms with Gasteiger partial charge in [0.05, 0.1) is 25.8 Å². The number of allylic oxidation sites excluding steroid dienone is 1. The van der Waals surface area contributed by atoms with Crippen LogP contribution < -0.4 is 14.3 Å². The fraction of sp³-hybridized carbons (Fsp3) is 0.300. The van der Waals surface area contributed by atoms with Crippen molar-refractivity contribution in [3.63, 3.8) is 0 Å². The van der Waals surface area contributed by atoms with Crippen molar-refractivity contribution in [2.45, 2.75) is 90.9 Å². The molecule has 6 heterocycles. The molecule has 9 rings (SSSR count). The molecule has 0 radical (unpaired) electrons. The molecule has 0 fully saturated rings. The zero-order chi connectivity index (χ0) is 38.2. The van der Waals surface area contributed by atoms with Gasteiger partial charge < -0.3 is 4.42 Å². The van der Waals surface area contributed by atoms with E-state index in [1.807, 2.05) is 6.07 Å². The summed E-state index contributed by atoms with van der Waals surface area (Å²) in [5.41, 5.74) is 15.5. The number of aromatic nitrogens is 3. The van der Waals surface area contributed by atoms with E-state index in [9.17, 15) is 0 Å². The van der Waals surface area contributed by atoms with Gasteiger partial charge in [0.15, 0.2) is 24.1 Å². The van der Waals surface area contributed by atoms with Gasteiger partial charge in [-0.2, -0.15) is 9.13 Å². The molecule has 2 atom stereocenters. The summed E-state index contributed by atoms with van der Waals surface area (Å²) in [6.07, 6.45) is 8.79. The molecule has 55 heavy (non-hydrogen) atoms. The summed E-state index contributed by atoms with van der Waals surface area (Å²) >= 11 is 0. The van der Waals surface area contributed by atoms with Crippen LogP contribution in [0.2, 0.25) is 19.6 Å². The monoisotopic (exact) mass is 739 g/mol. The van der Waals surface area contributed by atoms with Gasteiger partial charge in [-0.15, -0.1) is 0 Å². The van der Waals surface area contributed by atoms with E-state index in [-0.39, 0.29) is 6.04 Å². The van der Waals surface area contributed by atoms with Crippen LogP contribution in [0.4, 0.5) is 0 Å². The van der Waals surface area contributed by atoms with Crippen LogP contribution in [0.3, 0.4) is 0 Å². The Morgan fingerprint density at radius 1 is 0.836 bits per heavy atom. The van der Waals surface area contributed by atoms with Crippen LogP contribution >= 0.6 is 0 Å². The third kappa shape index (κ3) is 6.27. The van der Waals surface area contributed by atoms with E-state index >= 15 is 0 Å². The molecule has 2 aliphatic heterocycles. The molecule has 0 bridgehead atoms. The SMILES string of the molecule is C=C1CC2C(CCc3cc4oc5nc(-c6ccccc6)ccc5c4cc3-c3cc(C(C)C)cc[n+]31)c1ccccc1-c1cc(CC(C)C)c([Si](C)(C)C)c[n+]12. The highest BCUT2D eigenvalue weighted by atomic mass is 28.3. The highest BCUT2D eigenvalue weighted by Gasteiger charge is 2.44. The third-order valence-electron chi connectivity index (χ3n) is 12.2. The first-order chi connectivity index (χ1) is 26.4. The van der Waals surface area contributed by atoms with Gasteiger partial charge in [0, 0.05) is 51.2 Å². The third-order valence-corrected chi connectivity index (χ3v) is 14.2.